The Labute approximate surface area is 77.2 Å². The third-order valence-corrected chi connectivity index (χ3v) is 6.69. The highest BCUT2D eigenvalue weighted by Gasteiger charge is 2.30. The quantitative estimate of drug-likeness (QED) is 0.676. The van der Waals surface area contributed by atoms with Crippen LogP contribution in [0.15, 0.2) is 0 Å². The van der Waals surface area contributed by atoms with E-state index in [4.69, 9.17) is 5.73 Å². The highest BCUT2D eigenvalue weighted by molar-refractivity contribution is 6.74. The monoisotopic (exact) mass is 186 g/mol. The Morgan fingerprint density at radius 3 is 2.33 bits per heavy atom. The first-order chi connectivity index (χ1) is 5.67. The molecule has 2 N–H and O–H groups in total. The number of hydrogen-bond donors (Lipinski definition) is 1. The van der Waals surface area contributed by atoms with Crippen molar-refractivity contribution in [2.24, 2.45) is 5.73 Å². The highest BCUT2D eigenvalue weighted by Crippen LogP contribution is 2.22. The molecule has 0 spiro atoms. The average molecular weight is 186 g/mol. The first-order valence-corrected chi connectivity index (χ1v) is 8.27. The lowest BCUT2D eigenvalue weighted by Crippen LogP contribution is -2.46. The summed E-state index contributed by atoms with van der Waals surface area (Å²) in [4.78, 5) is 0. The topological polar surface area (TPSA) is 29.3 Å². The van der Waals surface area contributed by atoms with Gasteiger partial charge >= 0.3 is 0 Å². The van der Waals surface area contributed by atoms with Gasteiger partial charge in [-0.2, -0.15) is 0 Å². The number of rotatable bonds is 4. The minimum atomic E-state index is -1.04. The van der Waals surface area contributed by atoms with Gasteiger partial charge in [-0.15, -0.1) is 0 Å². The molecule has 2 nitrogen and oxygen atoms in total. The van der Waals surface area contributed by atoms with E-state index in [2.05, 4.69) is 17.7 Å². The molecule has 72 valence electrons. The Hall–Kier alpha value is 0.137. The first kappa shape index (κ1) is 10.2. The second-order valence-electron chi connectivity index (χ2n) is 4.40. The molecule has 0 aromatic carbocycles. The van der Waals surface area contributed by atoms with E-state index in [0.717, 1.165) is 6.54 Å². The van der Waals surface area contributed by atoms with Gasteiger partial charge in [-0.25, -0.2) is 0 Å². The predicted octanol–water partition coefficient (Wildman–Crippen LogP) is 1.64. The molecule has 0 bridgehead atoms. The van der Waals surface area contributed by atoms with E-state index in [1.807, 2.05) is 0 Å². The SMILES string of the molecule is C[Si](C)(CCCN)N1CCCC1. The fourth-order valence-corrected chi connectivity index (χ4v) is 4.93. The van der Waals surface area contributed by atoms with Crippen LogP contribution in [0.2, 0.25) is 19.1 Å². The van der Waals surface area contributed by atoms with Gasteiger partial charge < -0.3 is 10.3 Å². The number of hydrogen-bond acceptors (Lipinski definition) is 2. The van der Waals surface area contributed by atoms with Crippen LogP contribution in [0, 0.1) is 0 Å². The van der Waals surface area contributed by atoms with Gasteiger partial charge in [0.25, 0.3) is 0 Å². The minimum Gasteiger partial charge on any atom is -0.330 e. The van der Waals surface area contributed by atoms with E-state index >= 15 is 0 Å². The molecule has 1 saturated heterocycles. The third kappa shape index (κ3) is 2.57. The predicted molar refractivity (Wildman–Crippen MR) is 56.8 cm³/mol. The summed E-state index contributed by atoms with van der Waals surface area (Å²) >= 11 is 0. The van der Waals surface area contributed by atoms with Crippen LogP contribution < -0.4 is 5.73 Å². The van der Waals surface area contributed by atoms with Crippen molar-refractivity contribution in [1.29, 1.82) is 0 Å². The maximum absolute atomic E-state index is 5.54. The smallest absolute Gasteiger partial charge is 0.122 e. The zero-order valence-corrected chi connectivity index (χ0v) is 9.47. The van der Waals surface area contributed by atoms with Crippen LogP contribution in [0.4, 0.5) is 0 Å². The molecule has 0 aromatic heterocycles. The normalized spacial score (nSPS) is 20.2. The molecule has 3 heteroatoms. The van der Waals surface area contributed by atoms with Gasteiger partial charge in [0.05, 0.1) is 0 Å². The highest BCUT2D eigenvalue weighted by atomic mass is 28.3. The van der Waals surface area contributed by atoms with E-state index in [1.165, 1.54) is 38.4 Å². The molecule has 0 aromatic rings. The molecule has 1 aliphatic rings. The Balaban J connectivity index is 2.34. The Morgan fingerprint density at radius 1 is 1.25 bits per heavy atom. The van der Waals surface area contributed by atoms with Gasteiger partial charge in [-0.1, -0.05) is 13.1 Å². The molecule has 1 heterocycles. The summed E-state index contributed by atoms with van der Waals surface area (Å²) in [6, 6.07) is 1.38. The summed E-state index contributed by atoms with van der Waals surface area (Å²) < 4.78 is 2.74. The molecule has 0 unspecified atom stereocenters. The fourth-order valence-electron chi connectivity index (χ4n) is 2.02. The van der Waals surface area contributed by atoms with Crippen LogP contribution >= 0.6 is 0 Å². The van der Waals surface area contributed by atoms with Gasteiger partial charge in [0.1, 0.15) is 8.24 Å². The first-order valence-electron chi connectivity index (χ1n) is 5.12. The molecule has 1 aliphatic heterocycles. The Morgan fingerprint density at radius 2 is 1.83 bits per heavy atom. The van der Waals surface area contributed by atoms with E-state index in [9.17, 15) is 0 Å². The van der Waals surface area contributed by atoms with E-state index in [-0.39, 0.29) is 0 Å². The van der Waals surface area contributed by atoms with Crippen molar-refractivity contribution in [3.05, 3.63) is 0 Å². The van der Waals surface area contributed by atoms with E-state index in [1.54, 1.807) is 0 Å². The van der Waals surface area contributed by atoms with Crippen LogP contribution in [0.5, 0.6) is 0 Å². The average Bonchev–Trinajstić information content (AvgIpc) is 2.53. The summed E-state index contributed by atoms with van der Waals surface area (Å²) in [6.07, 6.45) is 4.05. The molecule has 0 radical (unpaired) electrons. The van der Waals surface area contributed by atoms with Crippen molar-refractivity contribution < 1.29 is 0 Å². The zero-order valence-electron chi connectivity index (χ0n) is 8.47. The van der Waals surface area contributed by atoms with E-state index < -0.39 is 8.24 Å². The van der Waals surface area contributed by atoms with Gasteiger partial charge in [0, 0.05) is 0 Å². The van der Waals surface area contributed by atoms with Gasteiger partial charge in [-0.05, 0) is 44.9 Å². The molecule has 0 atom stereocenters. The maximum Gasteiger partial charge on any atom is 0.122 e. The number of nitrogens with two attached hydrogens (primary N) is 1. The van der Waals surface area contributed by atoms with Crippen molar-refractivity contribution in [1.82, 2.24) is 4.57 Å². The van der Waals surface area contributed by atoms with Crippen molar-refractivity contribution in [3.8, 4) is 0 Å². The third-order valence-electron chi connectivity index (χ3n) is 2.95. The van der Waals surface area contributed by atoms with Crippen molar-refractivity contribution in [2.45, 2.75) is 38.4 Å². The molecule has 0 saturated carbocycles. The van der Waals surface area contributed by atoms with Crippen LogP contribution in [-0.2, 0) is 0 Å². The van der Waals surface area contributed by atoms with Crippen molar-refractivity contribution in [2.75, 3.05) is 19.6 Å². The summed E-state index contributed by atoms with van der Waals surface area (Å²) in [7, 11) is -1.04. The fraction of sp³-hybridized carbons (Fsp3) is 1.00. The summed E-state index contributed by atoms with van der Waals surface area (Å²) in [5.41, 5.74) is 5.54. The van der Waals surface area contributed by atoms with Crippen LogP contribution in [0.3, 0.4) is 0 Å². The van der Waals surface area contributed by atoms with Crippen molar-refractivity contribution in [3.63, 3.8) is 0 Å². The molecule has 0 aliphatic carbocycles. The van der Waals surface area contributed by atoms with Gasteiger partial charge in [-0.3, -0.25) is 0 Å². The second kappa shape index (κ2) is 4.39. The van der Waals surface area contributed by atoms with Crippen LogP contribution in [-0.4, -0.2) is 32.4 Å². The van der Waals surface area contributed by atoms with Gasteiger partial charge in [0.15, 0.2) is 0 Å². The summed E-state index contributed by atoms with van der Waals surface area (Å²) in [6.45, 7) is 8.53. The molecule has 0 amide bonds. The second-order valence-corrected chi connectivity index (χ2v) is 9.16. The molecular weight excluding hydrogens is 164 g/mol. The minimum absolute atomic E-state index is 0.865. The Bertz CT molecular complexity index is 130. The van der Waals surface area contributed by atoms with Crippen molar-refractivity contribution >= 4 is 8.24 Å². The van der Waals surface area contributed by atoms with Gasteiger partial charge in [0.2, 0.25) is 0 Å². The molecule has 1 fully saturated rings. The lowest BCUT2D eigenvalue weighted by atomic mass is 10.4. The standard InChI is InChI=1S/C9H22N2Si/c1-12(2,9-5-6-10)11-7-3-4-8-11/h3-10H2,1-2H3. The summed E-state index contributed by atoms with van der Waals surface area (Å²) in [5, 5.41) is 0. The Kier molecular flexibility index (Phi) is 3.74. The van der Waals surface area contributed by atoms with Crippen LogP contribution in [0.25, 0.3) is 0 Å². The molecule has 1 rings (SSSR count). The maximum atomic E-state index is 5.54. The van der Waals surface area contributed by atoms with Crippen LogP contribution in [0.1, 0.15) is 19.3 Å². The zero-order chi connectivity index (χ0) is 9.03. The largest absolute Gasteiger partial charge is 0.330 e. The number of nitrogens with zero attached hydrogens (tertiary/aromatic N) is 1. The lowest BCUT2D eigenvalue weighted by Gasteiger charge is -2.33. The summed E-state index contributed by atoms with van der Waals surface area (Å²) in [5.74, 6) is 0. The lowest BCUT2D eigenvalue weighted by molar-refractivity contribution is 0.515. The molecule has 12 heavy (non-hydrogen) atoms. The van der Waals surface area contributed by atoms with E-state index in [0.29, 0.717) is 0 Å². The molecular formula is C9H22N2Si.